The van der Waals surface area contributed by atoms with Gasteiger partial charge in [0.05, 0.1) is 7.11 Å². The molecular formula is C16H25NO. The van der Waals surface area contributed by atoms with Gasteiger partial charge in [0.25, 0.3) is 0 Å². The summed E-state index contributed by atoms with van der Waals surface area (Å²) in [6.45, 7) is 7.53. The van der Waals surface area contributed by atoms with E-state index in [1.807, 2.05) is 0 Å². The van der Waals surface area contributed by atoms with E-state index in [0.717, 1.165) is 18.2 Å². The van der Waals surface area contributed by atoms with Crippen LogP contribution in [0, 0.1) is 19.8 Å². The predicted molar refractivity (Wildman–Crippen MR) is 76.2 cm³/mol. The molecule has 100 valence electrons. The summed E-state index contributed by atoms with van der Waals surface area (Å²) < 4.78 is 5.61. The van der Waals surface area contributed by atoms with Crippen molar-refractivity contribution in [2.24, 2.45) is 5.92 Å². The summed E-state index contributed by atoms with van der Waals surface area (Å²) in [5.74, 6) is 1.82. The van der Waals surface area contributed by atoms with Crippen molar-refractivity contribution >= 4 is 0 Å². The third-order valence-electron chi connectivity index (χ3n) is 4.07. The summed E-state index contributed by atoms with van der Waals surface area (Å²) in [5, 5.41) is 3.66. The van der Waals surface area contributed by atoms with Crippen LogP contribution in [-0.2, 0) is 0 Å². The maximum absolute atomic E-state index is 5.61. The molecule has 1 atom stereocenters. The average Bonchev–Trinajstić information content (AvgIpc) is 2.25. The second kappa shape index (κ2) is 5.75. The highest BCUT2D eigenvalue weighted by molar-refractivity contribution is 5.45. The van der Waals surface area contributed by atoms with E-state index < -0.39 is 0 Å². The first-order valence-electron chi connectivity index (χ1n) is 7.05. The highest BCUT2D eigenvalue weighted by Crippen LogP contribution is 2.42. The van der Waals surface area contributed by atoms with Crippen molar-refractivity contribution in [2.45, 2.75) is 46.1 Å². The van der Waals surface area contributed by atoms with Crippen LogP contribution in [0.3, 0.4) is 0 Å². The number of ether oxygens (including phenoxy) is 1. The molecule has 0 radical (unpaired) electrons. The number of methoxy groups -OCH3 is 1. The van der Waals surface area contributed by atoms with Crippen molar-refractivity contribution in [3.05, 3.63) is 28.8 Å². The molecule has 0 amide bonds. The first kappa shape index (κ1) is 13.4. The zero-order valence-corrected chi connectivity index (χ0v) is 12.0. The van der Waals surface area contributed by atoms with Crippen LogP contribution < -0.4 is 10.1 Å². The van der Waals surface area contributed by atoms with E-state index in [2.05, 4.69) is 38.2 Å². The summed E-state index contributed by atoms with van der Waals surface area (Å²) in [6, 6.07) is 4.88. The fraction of sp³-hybridized carbons (Fsp3) is 0.625. The molecule has 1 aliphatic carbocycles. The minimum Gasteiger partial charge on any atom is -0.496 e. The lowest BCUT2D eigenvalue weighted by molar-refractivity contribution is 0.228. The Morgan fingerprint density at radius 1 is 1.33 bits per heavy atom. The highest BCUT2D eigenvalue weighted by atomic mass is 16.5. The van der Waals surface area contributed by atoms with Crippen LogP contribution in [0.25, 0.3) is 0 Å². The maximum Gasteiger partial charge on any atom is 0.124 e. The van der Waals surface area contributed by atoms with Gasteiger partial charge in [-0.25, -0.2) is 0 Å². The Kier molecular flexibility index (Phi) is 4.28. The number of hydrogen-bond acceptors (Lipinski definition) is 2. The van der Waals surface area contributed by atoms with Crippen LogP contribution in [0.4, 0.5) is 0 Å². The van der Waals surface area contributed by atoms with Gasteiger partial charge in [-0.2, -0.15) is 0 Å². The smallest absolute Gasteiger partial charge is 0.124 e. The lowest BCUT2D eigenvalue weighted by atomic mass is 9.76. The Balaban J connectivity index is 2.38. The molecule has 2 rings (SSSR count). The molecule has 1 unspecified atom stereocenters. The average molecular weight is 247 g/mol. The lowest BCUT2D eigenvalue weighted by Crippen LogP contribution is -2.33. The van der Waals surface area contributed by atoms with Crippen LogP contribution in [0.1, 0.15) is 48.9 Å². The van der Waals surface area contributed by atoms with Crippen LogP contribution in [0.5, 0.6) is 5.75 Å². The SMILES string of the molecule is CCNC(c1c(C)cc(C)cc1OC)C1CCC1. The van der Waals surface area contributed by atoms with E-state index in [9.17, 15) is 0 Å². The molecule has 18 heavy (non-hydrogen) atoms. The summed E-state index contributed by atoms with van der Waals surface area (Å²) in [7, 11) is 1.78. The zero-order chi connectivity index (χ0) is 13.1. The largest absolute Gasteiger partial charge is 0.496 e. The maximum atomic E-state index is 5.61. The zero-order valence-electron chi connectivity index (χ0n) is 12.0. The summed E-state index contributed by atoms with van der Waals surface area (Å²) in [6.07, 6.45) is 4.06. The number of nitrogens with one attached hydrogen (secondary N) is 1. The van der Waals surface area contributed by atoms with Gasteiger partial charge in [-0.3, -0.25) is 0 Å². The van der Waals surface area contributed by atoms with E-state index in [4.69, 9.17) is 4.74 Å². The Bertz CT molecular complexity index is 410. The van der Waals surface area contributed by atoms with Crippen LogP contribution in [-0.4, -0.2) is 13.7 Å². The minimum absolute atomic E-state index is 0.458. The van der Waals surface area contributed by atoms with E-state index in [-0.39, 0.29) is 0 Å². The topological polar surface area (TPSA) is 21.3 Å². The first-order chi connectivity index (χ1) is 8.67. The molecule has 1 N–H and O–H groups in total. The molecule has 1 aromatic carbocycles. The fourth-order valence-electron chi connectivity index (χ4n) is 3.00. The molecule has 0 aliphatic heterocycles. The van der Waals surface area contributed by atoms with Crippen LogP contribution in [0.2, 0.25) is 0 Å². The molecule has 0 heterocycles. The fourth-order valence-corrected chi connectivity index (χ4v) is 3.00. The van der Waals surface area contributed by atoms with E-state index in [0.29, 0.717) is 6.04 Å². The molecule has 2 heteroatoms. The van der Waals surface area contributed by atoms with Crippen molar-refractivity contribution < 1.29 is 4.74 Å². The molecule has 1 aromatic rings. The Morgan fingerprint density at radius 2 is 2.06 bits per heavy atom. The third kappa shape index (κ3) is 2.54. The van der Waals surface area contributed by atoms with Crippen LogP contribution in [0.15, 0.2) is 12.1 Å². The Morgan fingerprint density at radius 3 is 2.56 bits per heavy atom. The molecule has 1 fully saturated rings. The second-order valence-electron chi connectivity index (χ2n) is 5.42. The number of hydrogen-bond donors (Lipinski definition) is 1. The number of rotatable bonds is 5. The van der Waals surface area contributed by atoms with Crippen molar-refractivity contribution in [3.63, 3.8) is 0 Å². The van der Waals surface area contributed by atoms with Gasteiger partial charge in [0.15, 0.2) is 0 Å². The van der Waals surface area contributed by atoms with Gasteiger partial charge < -0.3 is 10.1 Å². The second-order valence-corrected chi connectivity index (χ2v) is 5.42. The van der Waals surface area contributed by atoms with Crippen molar-refractivity contribution in [1.82, 2.24) is 5.32 Å². The summed E-state index contributed by atoms with van der Waals surface area (Å²) in [4.78, 5) is 0. The van der Waals surface area contributed by atoms with E-state index in [1.165, 1.54) is 36.0 Å². The van der Waals surface area contributed by atoms with Crippen molar-refractivity contribution in [2.75, 3.05) is 13.7 Å². The highest BCUT2D eigenvalue weighted by Gasteiger charge is 2.30. The predicted octanol–water partition coefficient (Wildman–Crippen LogP) is 3.76. The number of aryl methyl sites for hydroxylation is 2. The first-order valence-corrected chi connectivity index (χ1v) is 7.05. The van der Waals surface area contributed by atoms with Gasteiger partial charge in [0.1, 0.15) is 5.75 Å². The van der Waals surface area contributed by atoms with Gasteiger partial charge in [-0.05, 0) is 56.3 Å². The van der Waals surface area contributed by atoms with Gasteiger partial charge in [-0.15, -0.1) is 0 Å². The Labute approximate surface area is 111 Å². The van der Waals surface area contributed by atoms with Gasteiger partial charge in [0, 0.05) is 11.6 Å². The van der Waals surface area contributed by atoms with Gasteiger partial charge >= 0.3 is 0 Å². The van der Waals surface area contributed by atoms with Crippen molar-refractivity contribution in [1.29, 1.82) is 0 Å². The van der Waals surface area contributed by atoms with Crippen molar-refractivity contribution in [3.8, 4) is 5.75 Å². The normalized spacial score (nSPS) is 17.3. The molecule has 0 saturated heterocycles. The third-order valence-corrected chi connectivity index (χ3v) is 4.07. The minimum atomic E-state index is 0.458. The number of benzene rings is 1. The van der Waals surface area contributed by atoms with E-state index >= 15 is 0 Å². The monoisotopic (exact) mass is 247 g/mol. The summed E-state index contributed by atoms with van der Waals surface area (Å²) >= 11 is 0. The molecular weight excluding hydrogens is 222 g/mol. The van der Waals surface area contributed by atoms with Gasteiger partial charge in [-0.1, -0.05) is 19.4 Å². The van der Waals surface area contributed by atoms with Crippen LogP contribution >= 0.6 is 0 Å². The lowest BCUT2D eigenvalue weighted by Gasteiger charge is -2.36. The Hall–Kier alpha value is -1.02. The summed E-state index contributed by atoms with van der Waals surface area (Å²) in [5.41, 5.74) is 4.00. The molecule has 0 spiro atoms. The molecule has 0 aromatic heterocycles. The molecule has 0 bridgehead atoms. The molecule has 1 saturated carbocycles. The standard InChI is InChI=1S/C16H25NO/c1-5-17-16(13-7-6-8-13)15-12(3)9-11(2)10-14(15)18-4/h9-10,13,16-17H,5-8H2,1-4H3. The van der Waals surface area contributed by atoms with E-state index in [1.54, 1.807) is 7.11 Å². The quantitative estimate of drug-likeness (QED) is 0.855. The van der Waals surface area contributed by atoms with Gasteiger partial charge in [0.2, 0.25) is 0 Å². The molecule has 1 aliphatic rings. The molecule has 2 nitrogen and oxygen atoms in total.